The fourth-order valence-corrected chi connectivity index (χ4v) is 7.13. The Morgan fingerprint density at radius 1 is 0.750 bits per heavy atom. The Bertz CT molecular complexity index is 2300. The standard InChI is InChI=1S/C42H44O10/c1-25(7-10-35-40(3,4)50-35)15-20-47-39-28-13-18-42(49-34(28)24-32-30(39)17-22-45-32)51-36(41(5,6)52-42)11-8-26(2)14-19-46-38-27-9-12-37(43)48-33(27)23-31-29(38)16-21-44-31/h9,12-18,21-24,35-36H,7-8,10-11,19-20H2,1-6H3/b25-15+,26-14+/t35?,36-,42?/m1/s1. The minimum atomic E-state index is -1.38. The quantitative estimate of drug-likeness (QED) is 0.0705. The van der Waals surface area contributed by atoms with Crippen LogP contribution in [0.5, 0.6) is 17.2 Å². The molecule has 2 saturated heterocycles. The molecule has 272 valence electrons. The lowest BCUT2D eigenvalue weighted by atomic mass is 9.96. The maximum absolute atomic E-state index is 11.8. The van der Waals surface area contributed by atoms with Gasteiger partial charge in [-0.1, -0.05) is 11.1 Å². The van der Waals surface area contributed by atoms with Gasteiger partial charge in [0.25, 0.3) is 0 Å². The molecule has 52 heavy (non-hydrogen) atoms. The molecule has 3 aliphatic rings. The van der Waals surface area contributed by atoms with E-state index in [4.69, 9.17) is 41.7 Å². The molecule has 0 amide bonds. The molecule has 1 spiro atoms. The van der Waals surface area contributed by atoms with Crippen molar-refractivity contribution in [1.29, 1.82) is 0 Å². The zero-order valence-electron chi connectivity index (χ0n) is 30.4. The Kier molecular flexibility index (Phi) is 8.59. The number of fused-ring (bicyclic) bond motifs is 4. The molecule has 0 aliphatic carbocycles. The number of hydrogen-bond acceptors (Lipinski definition) is 10. The molecular weight excluding hydrogens is 664 g/mol. The molecule has 3 atom stereocenters. The van der Waals surface area contributed by atoms with Crippen LogP contribution >= 0.6 is 0 Å². The van der Waals surface area contributed by atoms with E-state index in [0.29, 0.717) is 65.1 Å². The van der Waals surface area contributed by atoms with Crippen molar-refractivity contribution in [1.82, 2.24) is 0 Å². The van der Waals surface area contributed by atoms with E-state index in [1.807, 2.05) is 50.3 Å². The molecule has 3 aliphatic heterocycles. The minimum absolute atomic E-state index is 0.00205. The summed E-state index contributed by atoms with van der Waals surface area (Å²) in [6, 6.07) is 10.4. The van der Waals surface area contributed by atoms with Crippen LogP contribution in [0.25, 0.3) is 39.0 Å². The molecule has 0 bridgehead atoms. The predicted octanol–water partition coefficient (Wildman–Crippen LogP) is 9.63. The fourth-order valence-electron chi connectivity index (χ4n) is 7.13. The highest BCUT2D eigenvalue weighted by Crippen LogP contribution is 2.48. The normalized spacial score (nSPS) is 23.4. The topological polar surface area (TPSA) is 115 Å². The van der Waals surface area contributed by atoms with Gasteiger partial charge in [0.15, 0.2) is 0 Å². The largest absolute Gasteiger partial charge is 0.488 e. The first kappa shape index (κ1) is 34.3. The molecule has 0 saturated carbocycles. The first-order chi connectivity index (χ1) is 24.9. The summed E-state index contributed by atoms with van der Waals surface area (Å²) in [6.07, 6.45) is 14.7. The summed E-state index contributed by atoms with van der Waals surface area (Å²) in [4.78, 5) is 11.8. The smallest absolute Gasteiger partial charge is 0.350 e. The van der Waals surface area contributed by atoms with Crippen LogP contribution in [0.15, 0.2) is 96.3 Å². The van der Waals surface area contributed by atoms with E-state index >= 15 is 0 Å². The van der Waals surface area contributed by atoms with Crippen molar-refractivity contribution in [2.24, 2.45) is 0 Å². The van der Waals surface area contributed by atoms with Crippen molar-refractivity contribution in [3.8, 4) is 17.2 Å². The van der Waals surface area contributed by atoms with Gasteiger partial charge in [-0.2, -0.15) is 0 Å². The number of benzene rings is 2. The number of rotatable bonds is 12. The maximum Gasteiger partial charge on any atom is 0.350 e. The summed E-state index contributed by atoms with van der Waals surface area (Å²) < 4.78 is 54.7. The highest BCUT2D eigenvalue weighted by Gasteiger charge is 2.54. The summed E-state index contributed by atoms with van der Waals surface area (Å²) in [5.74, 6) is 0.495. The van der Waals surface area contributed by atoms with Gasteiger partial charge in [-0.15, -0.1) is 0 Å². The van der Waals surface area contributed by atoms with Crippen LogP contribution in [0.3, 0.4) is 0 Å². The van der Waals surface area contributed by atoms with E-state index < -0.39 is 17.2 Å². The summed E-state index contributed by atoms with van der Waals surface area (Å²) in [5, 5.41) is 2.40. The first-order valence-corrected chi connectivity index (χ1v) is 17.9. The molecule has 8 rings (SSSR count). The zero-order chi connectivity index (χ0) is 36.3. The van der Waals surface area contributed by atoms with Crippen LogP contribution in [-0.2, 0) is 14.2 Å². The third-order valence-electron chi connectivity index (χ3n) is 10.3. The SMILES string of the molecule is C/C(=C\COc1c2c(cc3occc13)OC1(C=C2)O[C@H](CC/C(C)=C/COc2c3ccoc3cc3oc(=O)ccc23)C(C)(C)O1)CCC1OC1(C)C. The molecule has 2 aromatic carbocycles. The summed E-state index contributed by atoms with van der Waals surface area (Å²) in [7, 11) is 0. The number of epoxide rings is 1. The van der Waals surface area contributed by atoms with Gasteiger partial charge in [0.05, 0.1) is 57.7 Å². The second-order valence-corrected chi connectivity index (χ2v) is 15.0. The molecule has 5 aromatic rings. The van der Waals surface area contributed by atoms with Gasteiger partial charge in [-0.3, -0.25) is 0 Å². The van der Waals surface area contributed by atoms with Gasteiger partial charge in [0.1, 0.15) is 47.2 Å². The van der Waals surface area contributed by atoms with Gasteiger partial charge in [-0.05, 0) is 104 Å². The number of hydrogen-bond donors (Lipinski definition) is 0. The zero-order valence-corrected chi connectivity index (χ0v) is 30.4. The van der Waals surface area contributed by atoms with E-state index in [0.717, 1.165) is 41.2 Å². The third kappa shape index (κ3) is 6.66. The van der Waals surface area contributed by atoms with Crippen molar-refractivity contribution in [3.63, 3.8) is 0 Å². The number of ether oxygens (including phenoxy) is 6. The first-order valence-electron chi connectivity index (χ1n) is 17.9. The molecule has 0 N–H and O–H groups in total. The second kappa shape index (κ2) is 13.0. The van der Waals surface area contributed by atoms with Crippen LogP contribution in [0.2, 0.25) is 0 Å². The molecular formula is C42H44O10. The van der Waals surface area contributed by atoms with Crippen molar-refractivity contribution in [2.45, 2.75) is 96.6 Å². The maximum atomic E-state index is 11.8. The monoisotopic (exact) mass is 708 g/mol. The van der Waals surface area contributed by atoms with Crippen LogP contribution in [-0.4, -0.2) is 42.6 Å². The molecule has 10 heteroatoms. The Morgan fingerprint density at radius 3 is 2.02 bits per heavy atom. The Balaban J connectivity index is 0.918. The van der Waals surface area contributed by atoms with E-state index in [1.54, 1.807) is 24.7 Å². The van der Waals surface area contributed by atoms with Gasteiger partial charge in [-0.25, -0.2) is 4.79 Å². The Hall–Kier alpha value is -4.77. The molecule has 6 heterocycles. The van der Waals surface area contributed by atoms with Gasteiger partial charge in [0.2, 0.25) is 0 Å². The fraction of sp³-hybridized carbons (Fsp3) is 0.405. The van der Waals surface area contributed by atoms with E-state index in [2.05, 4.69) is 33.8 Å². The van der Waals surface area contributed by atoms with E-state index in [1.165, 1.54) is 11.6 Å². The lowest BCUT2D eigenvalue weighted by Gasteiger charge is -2.30. The molecule has 3 aromatic heterocycles. The van der Waals surface area contributed by atoms with Crippen LogP contribution in [0.4, 0.5) is 0 Å². The van der Waals surface area contributed by atoms with Gasteiger partial charge >= 0.3 is 11.6 Å². The highest BCUT2D eigenvalue weighted by atomic mass is 16.9. The van der Waals surface area contributed by atoms with Crippen LogP contribution in [0, 0.1) is 0 Å². The van der Waals surface area contributed by atoms with Crippen molar-refractivity contribution < 1.29 is 41.7 Å². The van der Waals surface area contributed by atoms with Crippen molar-refractivity contribution in [3.05, 3.63) is 94.3 Å². The highest BCUT2D eigenvalue weighted by molar-refractivity contribution is 6.01. The molecule has 2 fully saturated rings. The Morgan fingerprint density at radius 2 is 1.35 bits per heavy atom. The predicted molar refractivity (Wildman–Crippen MR) is 197 cm³/mol. The van der Waals surface area contributed by atoms with Crippen molar-refractivity contribution in [2.75, 3.05) is 13.2 Å². The van der Waals surface area contributed by atoms with Gasteiger partial charge < -0.3 is 41.7 Å². The molecule has 0 radical (unpaired) electrons. The minimum Gasteiger partial charge on any atom is -0.488 e. The summed E-state index contributed by atoms with van der Waals surface area (Å²) in [6.45, 7) is 13.3. The Labute approximate surface area is 301 Å². The number of allylic oxidation sites excluding steroid dienone is 2. The lowest BCUT2D eigenvalue weighted by molar-refractivity contribution is -0.270. The van der Waals surface area contributed by atoms with Crippen LogP contribution < -0.4 is 19.8 Å². The number of furan rings is 2. The lowest BCUT2D eigenvalue weighted by Crippen LogP contribution is -2.38. The molecule has 2 unspecified atom stereocenters. The van der Waals surface area contributed by atoms with Crippen molar-refractivity contribution >= 4 is 39.0 Å². The van der Waals surface area contributed by atoms with E-state index in [9.17, 15) is 4.79 Å². The summed E-state index contributed by atoms with van der Waals surface area (Å²) >= 11 is 0. The average Bonchev–Trinajstić information content (AvgIpc) is 3.49. The summed E-state index contributed by atoms with van der Waals surface area (Å²) in [5.41, 5.74) is 3.83. The van der Waals surface area contributed by atoms with Crippen LogP contribution in [0.1, 0.15) is 72.8 Å². The third-order valence-corrected chi connectivity index (χ3v) is 10.3. The van der Waals surface area contributed by atoms with E-state index in [-0.39, 0.29) is 11.7 Å². The van der Waals surface area contributed by atoms with Gasteiger partial charge in [0, 0.05) is 24.3 Å². The molecule has 10 nitrogen and oxygen atoms in total. The average molecular weight is 709 g/mol. The second-order valence-electron chi connectivity index (χ2n) is 15.0.